The average molecular weight is 297 g/mol. The minimum absolute atomic E-state index is 0.167. The first kappa shape index (κ1) is 13.9. The van der Waals surface area contributed by atoms with Gasteiger partial charge in [0.2, 0.25) is 5.91 Å². The molecular weight excluding hydrogens is 282 g/mol. The lowest BCUT2D eigenvalue weighted by Gasteiger charge is -2.02. The molecule has 112 valence electrons. The highest BCUT2D eigenvalue weighted by Gasteiger charge is 2.12. The van der Waals surface area contributed by atoms with Crippen LogP contribution in [0, 0.1) is 0 Å². The first-order valence-electron chi connectivity index (χ1n) is 6.70. The maximum absolute atomic E-state index is 12.1. The van der Waals surface area contributed by atoms with Gasteiger partial charge >= 0.3 is 0 Å². The summed E-state index contributed by atoms with van der Waals surface area (Å²) in [7, 11) is 1.70. The number of aromatic nitrogens is 3. The number of aryl methyl sites for hydroxylation is 1. The number of primary amides is 1. The molecule has 4 N–H and O–H groups in total. The summed E-state index contributed by atoms with van der Waals surface area (Å²) >= 11 is 0. The van der Waals surface area contributed by atoms with Crippen molar-refractivity contribution in [2.75, 3.05) is 5.32 Å². The summed E-state index contributed by atoms with van der Waals surface area (Å²) < 4.78 is 1.58. The molecule has 0 radical (unpaired) electrons. The Kier molecular flexibility index (Phi) is 3.38. The highest BCUT2D eigenvalue weighted by molar-refractivity contribution is 5.97. The van der Waals surface area contributed by atoms with Gasteiger partial charge < -0.3 is 20.6 Å². The number of pyridine rings is 1. The fourth-order valence-corrected chi connectivity index (χ4v) is 2.43. The summed E-state index contributed by atoms with van der Waals surface area (Å²) in [4.78, 5) is 30.5. The molecule has 7 nitrogen and oxygen atoms in total. The number of amides is 2. The number of nitrogens with two attached hydrogens (primary N) is 1. The quantitative estimate of drug-likeness (QED) is 0.673. The molecule has 0 bridgehead atoms. The number of aromatic amines is 1. The molecule has 7 heteroatoms. The lowest BCUT2D eigenvalue weighted by atomic mass is 10.1. The zero-order chi connectivity index (χ0) is 15.7. The van der Waals surface area contributed by atoms with E-state index in [1.807, 2.05) is 6.07 Å². The molecule has 3 rings (SSSR count). The van der Waals surface area contributed by atoms with Gasteiger partial charge in [0, 0.05) is 31.0 Å². The molecule has 0 saturated carbocycles. The van der Waals surface area contributed by atoms with E-state index in [1.165, 1.54) is 0 Å². The van der Waals surface area contributed by atoms with Crippen LogP contribution in [0.15, 0.2) is 36.9 Å². The largest absolute Gasteiger partial charge is 0.364 e. The lowest BCUT2D eigenvalue weighted by Crippen LogP contribution is -2.14. The summed E-state index contributed by atoms with van der Waals surface area (Å²) in [5.74, 6) is -0.702. The van der Waals surface area contributed by atoms with Crippen molar-refractivity contribution < 1.29 is 9.59 Å². The molecule has 2 amide bonds. The lowest BCUT2D eigenvalue weighted by molar-refractivity contribution is -0.115. The van der Waals surface area contributed by atoms with Crippen molar-refractivity contribution in [1.29, 1.82) is 0 Å². The Morgan fingerprint density at radius 2 is 2.27 bits per heavy atom. The van der Waals surface area contributed by atoms with Crippen molar-refractivity contribution in [3.63, 3.8) is 0 Å². The summed E-state index contributed by atoms with van der Waals surface area (Å²) in [6, 6.07) is 3.42. The van der Waals surface area contributed by atoms with Crippen LogP contribution in [0.25, 0.3) is 10.9 Å². The van der Waals surface area contributed by atoms with Crippen LogP contribution < -0.4 is 11.1 Å². The van der Waals surface area contributed by atoms with Crippen molar-refractivity contribution in [2.45, 2.75) is 6.42 Å². The summed E-state index contributed by atoms with van der Waals surface area (Å²) in [6.07, 6.45) is 7.08. The van der Waals surface area contributed by atoms with Gasteiger partial charge in [-0.2, -0.15) is 0 Å². The van der Waals surface area contributed by atoms with Gasteiger partial charge in [-0.05, 0) is 17.7 Å². The molecule has 0 aromatic carbocycles. The van der Waals surface area contributed by atoms with E-state index < -0.39 is 5.91 Å². The highest BCUT2D eigenvalue weighted by Crippen LogP contribution is 2.18. The zero-order valence-electron chi connectivity index (χ0n) is 12.0. The molecule has 0 unspecified atom stereocenters. The van der Waals surface area contributed by atoms with E-state index in [0.717, 1.165) is 16.5 Å². The van der Waals surface area contributed by atoms with Gasteiger partial charge in [0.05, 0.1) is 23.8 Å². The molecule has 0 spiro atoms. The molecule has 0 atom stereocenters. The van der Waals surface area contributed by atoms with Crippen LogP contribution in [0.3, 0.4) is 0 Å². The molecule has 0 aliphatic carbocycles. The second-order valence-electron chi connectivity index (χ2n) is 5.05. The predicted molar refractivity (Wildman–Crippen MR) is 82.4 cm³/mol. The summed E-state index contributed by atoms with van der Waals surface area (Å²) in [6.45, 7) is 0. The summed E-state index contributed by atoms with van der Waals surface area (Å²) in [5.41, 5.74) is 7.91. The number of carbonyl (C=O) groups is 2. The SMILES string of the molecule is Cn1cc(NC(=O)Cc2c[nH]c3cnccc23)cc1C(N)=O. The number of carbonyl (C=O) groups excluding carboxylic acids is 2. The van der Waals surface area contributed by atoms with Crippen LogP contribution in [-0.2, 0) is 18.3 Å². The molecule has 0 fully saturated rings. The number of nitrogens with one attached hydrogen (secondary N) is 2. The molecule has 3 aromatic heterocycles. The van der Waals surface area contributed by atoms with Crippen molar-refractivity contribution >= 4 is 28.4 Å². The smallest absolute Gasteiger partial charge is 0.265 e. The van der Waals surface area contributed by atoms with Crippen molar-refractivity contribution in [3.05, 3.63) is 48.2 Å². The minimum atomic E-state index is -0.535. The highest BCUT2D eigenvalue weighted by atomic mass is 16.2. The van der Waals surface area contributed by atoms with Gasteiger partial charge in [-0.3, -0.25) is 14.6 Å². The van der Waals surface area contributed by atoms with Crippen molar-refractivity contribution in [1.82, 2.24) is 14.5 Å². The van der Waals surface area contributed by atoms with E-state index in [9.17, 15) is 9.59 Å². The topological polar surface area (TPSA) is 106 Å². The number of hydrogen-bond acceptors (Lipinski definition) is 3. The Labute approximate surface area is 126 Å². The van der Waals surface area contributed by atoms with Crippen LogP contribution in [-0.4, -0.2) is 26.3 Å². The van der Waals surface area contributed by atoms with E-state index in [0.29, 0.717) is 11.4 Å². The van der Waals surface area contributed by atoms with E-state index >= 15 is 0 Å². The Hall–Kier alpha value is -3.09. The third-order valence-electron chi connectivity index (χ3n) is 3.46. The van der Waals surface area contributed by atoms with Crippen LogP contribution in [0.4, 0.5) is 5.69 Å². The van der Waals surface area contributed by atoms with Crippen LogP contribution >= 0.6 is 0 Å². The normalized spacial score (nSPS) is 10.8. The van der Waals surface area contributed by atoms with Crippen LogP contribution in [0.1, 0.15) is 16.1 Å². The maximum Gasteiger partial charge on any atom is 0.265 e. The maximum atomic E-state index is 12.1. The van der Waals surface area contributed by atoms with Gasteiger partial charge in [-0.1, -0.05) is 0 Å². The third kappa shape index (κ3) is 2.56. The second-order valence-corrected chi connectivity index (χ2v) is 5.05. The molecule has 0 saturated heterocycles. The Balaban J connectivity index is 1.75. The van der Waals surface area contributed by atoms with Gasteiger partial charge in [0.15, 0.2) is 0 Å². The molecule has 0 aliphatic rings. The Morgan fingerprint density at radius 1 is 1.45 bits per heavy atom. The van der Waals surface area contributed by atoms with E-state index in [2.05, 4.69) is 15.3 Å². The second kappa shape index (κ2) is 5.36. The van der Waals surface area contributed by atoms with Gasteiger partial charge in [0.25, 0.3) is 5.91 Å². The van der Waals surface area contributed by atoms with Gasteiger partial charge in [0.1, 0.15) is 5.69 Å². The zero-order valence-corrected chi connectivity index (χ0v) is 12.0. The molecule has 3 aromatic rings. The van der Waals surface area contributed by atoms with Gasteiger partial charge in [-0.25, -0.2) is 0 Å². The summed E-state index contributed by atoms with van der Waals surface area (Å²) in [5, 5.41) is 3.73. The molecule has 3 heterocycles. The standard InChI is InChI=1S/C15H15N5O2/c1-20-8-10(5-13(20)15(16)22)19-14(21)4-9-6-18-12-7-17-3-2-11(9)12/h2-3,5-8,18H,4H2,1H3,(H2,16,22)(H,19,21). The first-order valence-corrected chi connectivity index (χ1v) is 6.70. The van der Waals surface area contributed by atoms with Crippen molar-refractivity contribution in [2.24, 2.45) is 12.8 Å². The molecular formula is C15H15N5O2. The van der Waals surface area contributed by atoms with E-state index in [4.69, 9.17) is 5.73 Å². The van der Waals surface area contributed by atoms with Crippen LogP contribution in [0.5, 0.6) is 0 Å². The first-order chi connectivity index (χ1) is 10.5. The Bertz CT molecular complexity index is 862. The van der Waals surface area contributed by atoms with Crippen molar-refractivity contribution in [3.8, 4) is 0 Å². The number of anilines is 1. The number of rotatable bonds is 4. The monoisotopic (exact) mass is 297 g/mol. The van der Waals surface area contributed by atoms with E-state index in [1.54, 1.807) is 42.5 Å². The average Bonchev–Trinajstić information content (AvgIpc) is 3.03. The predicted octanol–water partition coefficient (Wildman–Crippen LogP) is 1.18. The Morgan fingerprint density at radius 3 is 3.00 bits per heavy atom. The number of hydrogen-bond donors (Lipinski definition) is 3. The minimum Gasteiger partial charge on any atom is -0.364 e. The van der Waals surface area contributed by atoms with Gasteiger partial charge in [-0.15, -0.1) is 0 Å². The molecule has 22 heavy (non-hydrogen) atoms. The number of H-pyrrole nitrogens is 1. The number of fused-ring (bicyclic) bond motifs is 1. The fourth-order valence-electron chi connectivity index (χ4n) is 2.43. The van der Waals surface area contributed by atoms with Crippen LogP contribution in [0.2, 0.25) is 0 Å². The third-order valence-corrected chi connectivity index (χ3v) is 3.46. The number of nitrogens with zero attached hydrogens (tertiary/aromatic N) is 2. The molecule has 0 aliphatic heterocycles. The fraction of sp³-hybridized carbons (Fsp3) is 0.133. The van der Waals surface area contributed by atoms with E-state index in [-0.39, 0.29) is 12.3 Å².